The zero-order valence-corrected chi connectivity index (χ0v) is 18.1. The van der Waals surface area contributed by atoms with Crippen molar-refractivity contribution in [2.24, 2.45) is 5.92 Å². The van der Waals surface area contributed by atoms with Gasteiger partial charge in [0.2, 0.25) is 5.91 Å². The van der Waals surface area contributed by atoms with Crippen LogP contribution in [0, 0.1) is 5.92 Å². The maximum absolute atomic E-state index is 12.6. The van der Waals surface area contributed by atoms with Crippen LogP contribution in [0.1, 0.15) is 23.2 Å². The van der Waals surface area contributed by atoms with Gasteiger partial charge in [0.15, 0.2) is 0 Å². The highest BCUT2D eigenvalue weighted by molar-refractivity contribution is 9.10. The summed E-state index contributed by atoms with van der Waals surface area (Å²) in [5, 5.41) is 5.91. The second-order valence-electron chi connectivity index (χ2n) is 6.98. The van der Waals surface area contributed by atoms with E-state index in [1.807, 2.05) is 58.8 Å². The summed E-state index contributed by atoms with van der Waals surface area (Å²) in [6.07, 6.45) is 3.13. The number of nitrogens with zero attached hydrogens (tertiary/aromatic N) is 2. The number of carbonyl (C=O) groups excluding carboxylic acids is 2. The lowest BCUT2D eigenvalue weighted by Crippen LogP contribution is -2.41. The SMILES string of the molecule is O=C(Nc1ccc(-c2nccs2)cc1)C1CCN(C(=O)c2ccc(Br)cc2)CC1. The molecule has 0 spiro atoms. The van der Waals surface area contributed by atoms with E-state index in [1.165, 1.54) is 0 Å². The minimum atomic E-state index is -0.0809. The third-order valence-electron chi connectivity index (χ3n) is 5.08. The zero-order chi connectivity index (χ0) is 20.2. The molecule has 0 saturated carbocycles. The van der Waals surface area contributed by atoms with Crippen molar-refractivity contribution in [3.8, 4) is 10.6 Å². The lowest BCUT2D eigenvalue weighted by Gasteiger charge is -2.31. The molecule has 0 aliphatic carbocycles. The van der Waals surface area contributed by atoms with Gasteiger partial charge in [-0.2, -0.15) is 0 Å². The average Bonchev–Trinajstić information content (AvgIpc) is 3.29. The summed E-state index contributed by atoms with van der Waals surface area (Å²) in [6, 6.07) is 15.1. The quantitative estimate of drug-likeness (QED) is 0.580. The van der Waals surface area contributed by atoms with Gasteiger partial charge in [-0.1, -0.05) is 15.9 Å². The van der Waals surface area contributed by atoms with Crippen LogP contribution in [-0.2, 0) is 4.79 Å². The lowest BCUT2D eigenvalue weighted by atomic mass is 9.95. The summed E-state index contributed by atoms with van der Waals surface area (Å²) in [6.45, 7) is 1.19. The van der Waals surface area contributed by atoms with Crippen LogP contribution < -0.4 is 5.32 Å². The molecule has 2 aromatic carbocycles. The molecule has 1 N–H and O–H groups in total. The molecular weight excluding hydrogens is 450 g/mol. The van der Waals surface area contributed by atoms with Crippen LogP contribution in [-0.4, -0.2) is 34.8 Å². The molecule has 5 nitrogen and oxygen atoms in total. The van der Waals surface area contributed by atoms with Crippen LogP contribution in [0.2, 0.25) is 0 Å². The number of likely N-dealkylation sites (tertiary alicyclic amines) is 1. The first-order chi connectivity index (χ1) is 14.1. The molecule has 2 amide bonds. The highest BCUT2D eigenvalue weighted by Gasteiger charge is 2.27. The number of carbonyl (C=O) groups is 2. The Kier molecular flexibility index (Phi) is 6.06. The molecule has 0 unspecified atom stereocenters. The number of piperidine rings is 1. The predicted molar refractivity (Wildman–Crippen MR) is 119 cm³/mol. The molecule has 1 aliphatic heterocycles. The Bertz CT molecular complexity index is 980. The van der Waals surface area contributed by atoms with E-state index in [4.69, 9.17) is 0 Å². The number of anilines is 1. The van der Waals surface area contributed by atoms with Gasteiger partial charge in [0.25, 0.3) is 5.91 Å². The molecule has 0 radical (unpaired) electrons. The third-order valence-corrected chi connectivity index (χ3v) is 6.43. The standard InChI is InChI=1S/C22H20BrN3O2S/c23-18-5-1-17(2-6-18)22(28)26-12-9-15(10-13-26)20(27)25-19-7-3-16(4-8-19)21-24-11-14-29-21/h1-8,11,14-15H,9-10,12-13H2,(H,25,27). The molecule has 2 heterocycles. The van der Waals surface area contributed by atoms with Gasteiger partial charge in [-0.3, -0.25) is 9.59 Å². The van der Waals surface area contributed by atoms with Gasteiger partial charge in [-0.15, -0.1) is 11.3 Å². The van der Waals surface area contributed by atoms with Crippen molar-refractivity contribution in [2.45, 2.75) is 12.8 Å². The summed E-state index contributed by atoms with van der Waals surface area (Å²) in [5.41, 5.74) is 2.50. The third kappa shape index (κ3) is 4.74. The molecular formula is C22H20BrN3O2S. The monoisotopic (exact) mass is 469 g/mol. The Hall–Kier alpha value is -2.51. The Morgan fingerprint density at radius 1 is 1.03 bits per heavy atom. The van der Waals surface area contributed by atoms with Crippen molar-refractivity contribution >= 4 is 44.8 Å². The molecule has 0 atom stereocenters. The maximum Gasteiger partial charge on any atom is 0.253 e. The van der Waals surface area contributed by atoms with Gasteiger partial charge in [-0.25, -0.2) is 4.98 Å². The Balaban J connectivity index is 1.31. The van der Waals surface area contributed by atoms with Crippen LogP contribution in [0.4, 0.5) is 5.69 Å². The topological polar surface area (TPSA) is 62.3 Å². The van der Waals surface area contributed by atoms with Crippen molar-refractivity contribution in [1.29, 1.82) is 0 Å². The highest BCUT2D eigenvalue weighted by Crippen LogP contribution is 2.25. The van der Waals surface area contributed by atoms with Crippen molar-refractivity contribution in [2.75, 3.05) is 18.4 Å². The van der Waals surface area contributed by atoms with Crippen molar-refractivity contribution < 1.29 is 9.59 Å². The number of thiazole rings is 1. The molecule has 148 valence electrons. The van der Waals surface area contributed by atoms with Crippen LogP contribution in [0.5, 0.6) is 0 Å². The van der Waals surface area contributed by atoms with Gasteiger partial charge in [0.05, 0.1) is 0 Å². The predicted octanol–water partition coefficient (Wildman–Crippen LogP) is 5.06. The first kappa shape index (κ1) is 19.8. The van der Waals surface area contributed by atoms with E-state index in [9.17, 15) is 9.59 Å². The molecule has 3 aromatic rings. The van der Waals surface area contributed by atoms with Gasteiger partial charge in [-0.05, 0) is 61.4 Å². The fraction of sp³-hybridized carbons (Fsp3) is 0.227. The smallest absolute Gasteiger partial charge is 0.253 e. The van der Waals surface area contributed by atoms with Crippen LogP contribution in [0.3, 0.4) is 0 Å². The number of hydrogen-bond donors (Lipinski definition) is 1. The summed E-state index contributed by atoms with van der Waals surface area (Å²) in [4.78, 5) is 31.4. The molecule has 29 heavy (non-hydrogen) atoms. The van der Waals surface area contributed by atoms with Crippen molar-refractivity contribution in [3.05, 3.63) is 70.1 Å². The number of rotatable bonds is 4. The van der Waals surface area contributed by atoms with Crippen LogP contribution in [0.15, 0.2) is 64.6 Å². The Labute approximate surface area is 181 Å². The minimum Gasteiger partial charge on any atom is -0.339 e. The molecule has 7 heteroatoms. The number of hydrogen-bond acceptors (Lipinski definition) is 4. The Morgan fingerprint density at radius 3 is 2.34 bits per heavy atom. The molecule has 1 aromatic heterocycles. The first-order valence-electron chi connectivity index (χ1n) is 9.46. The Morgan fingerprint density at radius 2 is 1.72 bits per heavy atom. The number of amides is 2. The summed E-state index contributed by atoms with van der Waals surface area (Å²) in [7, 11) is 0. The molecule has 1 fully saturated rings. The molecule has 1 aliphatic rings. The van der Waals surface area contributed by atoms with Crippen LogP contribution in [0.25, 0.3) is 10.6 Å². The van der Waals surface area contributed by atoms with Crippen molar-refractivity contribution in [1.82, 2.24) is 9.88 Å². The van der Waals surface area contributed by atoms with Crippen LogP contribution >= 0.6 is 27.3 Å². The van der Waals surface area contributed by atoms with E-state index >= 15 is 0 Å². The van der Waals surface area contributed by atoms with Crippen molar-refractivity contribution in [3.63, 3.8) is 0 Å². The number of halogens is 1. The largest absolute Gasteiger partial charge is 0.339 e. The van der Waals surface area contributed by atoms with E-state index in [1.54, 1.807) is 17.5 Å². The first-order valence-corrected chi connectivity index (χ1v) is 11.1. The molecule has 0 bridgehead atoms. The van der Waals surface area contributed by atoms with E-state index in [2.05, 4.69) is 26.2 Å². The summed E-state index contributed by atoms with van der Waals surface area (Å²) >= 11 is 4.97. The maximum atomic E-state index is 12.6. The summed E-state index contributed by atoms with van der Waals surface area (Å²) in [5.74, 6) is -0.0421. The second-order valence-corrected chi connectivity index (χ2v) is 8.79. The fourth-order valence-corrected chi connectivity index (χ4v) is 4.34. The number of benzene rings is 2. The van der Waals surface area contributed by atoms with Gasteiger partial charge < -0.3 is 10.2 Å². The fourth-order valence-electron chi connectivity index (χ4n) is 3.43. The lowest BCUT2D eigenvalue weighted by molar-refractivity contribution is -0.121. The van der Waals surface area contributed by atoms with E-state index in [-0.39, 0.29) is 17.7 Å². The van der Waals surface area contributed by atoms with E-state index < -0.39 is 0 Å². The molecule has 4 rings (SSSR count). The van der Waals surface area contributed by atoms with Gasteiger partial charge >= 0.3 is 0 Å². The van der Waals surface area contributed by atoms with Gasteiger partial charge in [0.1, 0.15) is 5.01 Å². The van der Waals surface area contributed by atoms with E-state index in [0.29, 0.717) is 31.5 Å². The average molecular weight is 470 g/mol. The number of nitrogens with one attached hydrogen (secondary N) is 1. The normalized spacial score (nSPS) is 14.6. The second kappa shape index (κ2) is 8.88. The van der Waals surface area contributed by atoms with E-state index in [0.717, 1.165) is 20.7 Å². The number of aromatic nitrogens is 1. The molecule has 1 saturated heterocycles. The van der Waals surface area contributed by atoms with Gasteiger partial charge in [0, 0.05) is 51.9 Å². The zero-order valence-electron chi connectivity index (χ0n) is 15.7. The minimum absolute atomic E-state index is 0.0164. The summed E-state index contributed by atoms with van der Waals surface area (Å²) < 4.78 is 0.948. The highest BCUT2D eigenvalue weighted by atomic mass is 79.9.